The molecule has 154 valence electrons. The predicted molar refractivity (Wildman–Crippen MR) is 111 cm³/mol. The van der Waals surface area contributed by atoms with Crippen LogP contribution in [-0.4, -0.2) is 47.8 Å². The van der Waals surface area contributed by atoms with Gasteiger partial charge in [0.25, 0.3) is 0 Å². The molecule has 0 aliphatic carbocycles. The van der Waals surface area contributed by atoms with Gasteiger partial charge in [-0.3, -0.25) is 14.5 Å². The van der Waals surface area contributed by atoms with Crippen molar-refractivity contribution in [3.8, 4) is 0 Å². The Labute approximate surface area is 175 Å². The van der Waals surface area contributed by atoms with Gasteiger partial charge in [-0.15, -0.1) is 0 Å². The molecule has 1 aliphatic rings. The van der Waals surface area contributed by atoms with Crippen molar-refractivity contribution in [2.24, 2.45) is 0 Å². The van der Waals surface area contributed by atoms with E-state index in [4.69, 9.17) is 11.6 Å². The van der Waals surface area contributed by atoms with E-state index in [1.165, 1.54) is 13.0 Å². The number of carbonyl (C=O) groups excluding carboxylic acids is 2. The van der Waals surface area contributed by atoms with Crippen molar-refractivity contribution in [2.75, 3.05) is 26.2 Å². The first-order valence-corrected chi connectivity index (χ1v) is 10.1. The van der Waals surface area contributed by atoms with Crippen LogP contribution in [0.1, 0.15) is 30.5 Å². The number of hydrogen-bond donors (Lipinski definition) is 1. The van der Waals surface area contributed by atoms with E-state index in [-0.39, 0.29) is 24.1 Å². The van der Waals surface area contributed by atoms with E-state index in [9.17, 15) is 14.0 Å². The maximum Gasteiger partial charge on any atom is 0.225 e. The van der Waals surface area contributed by atoms with Crippen molar-refractivity contribution in [3.05, 3.63) is 70.5 Å². The maximum absolute atomic E-state index is 13.8. The molecule has 3 rings (SSSR count). The average molecular weight is 418 g/mol. The molecule has 1 heterocycles. The molecule has 1 saturated heterocycles. The lowest BCUT2D eigenvalue weighted by molar-refractivity contribution is -0.133. The van der Waals surface area contributed by atoms with Crippen LogP contribution in [0.15, 0.2) is 48.5 Å². The van der Waals surface area contributed by atoms with Crippen LogP contribution in [0.2, 0.25) is 5.02 Å². The van der Waals surface area contributed by atoms with Crippen molar-refractivity contribution >= 4 is 23.4 Å². The van der Waals surface area contributed by atoms with E-state index in [1.807, 2.05) is 23.1 Å². The predicted octanol–water partition coefficient (Wildman–Crippen LogP) is 3.39. The molecule has 2 amide bonds. The van der Waals surface area contributed by atoms with Crippen molar-refractivity contribution in [3.63, 3.8) is 0 Å². The normalized spacial score (nSPS) is 15.8. The third-order valence-corrected chi connectivity index (χ3v) is 5.36. The summed E-state index contributed by atoms with van der Waals surface area (Å²) in [4.78, 5) is 28.4. The lowest BCUT2D eigenvalue weighted by Crippen LogP contribution is -2.49. The molecular formula is C22H25ClFN3O2. The summed E-state index contributed by atoms with van der Waals surface area (Å²) in [5.74, 6) is -0.399. The Hall–Kier alpha value is -2.44. The monoisotopic (exact) mass is 417 g/mol. The Balaban J connectivity index is 1.56. The van der Waals surface area contributed by atoms with Crippen LogP contribution in [0.3, 0.4) is 0 Å². The molecule has 0 bridgehead atoms. The smallest absolute Gasteiger partial charge is 0.225 e. The Morgan fingerprint density at radius 3 is 2.34 bits per heavy atom. The second-order valence-electron chi connectivity index (χ2n) is 7.26. The number of rotatable bonds is 6. The largest absolute Gasteiger partial charge is 0.349 e. The van der Waals surface area contributed by atoms with E-state index in [1.54, 1.807) is 24.3 Å². The number of hydrogen-bond acceptors (Lipinski definition) is 3. The second kappa shape index (κ2) is 9.85. The molecule has 0 radical (unpaired) electrons. The van der Waals surface area contributed by atoms with Gasteiger partial charge < -0.3 is 10.2 Å². The highest BCUT2D eigenvalue weighted by Crippen LogP contribution is 2.21. The molecule has 1 aliphatic heterocycles. The Bertz CT molecular complexity index is 851. The van der Waals surface area contributed by atoms with Gasteiger partial charge in [-0.1, -0.05) is 41.9 Å². The van der Waals surface area contributed by atoms with Gasteiger partial charge in [0.15, 0.2) is 0 Å². The number of benzene rings is 2. The minimum atomic E-state index is -0.395. The number of carbonyl (C=O) groups is 2. The first kappa shape index (κ1) is 21.3. The van der Waals surface area contributed by atoms with E-state index in [0.29, 0.717) is 43.3 Å². The van der Waals surface area contributed by atoms with Crippen LogP contribution in [-0.2, 0) is 16.1 Å². The average Bonchev–Trinajstić information content (AvgIpc) is 2.70. The molecule has 1 unspecified atom stereocenters. The highest BCUT2D eigenvalue weighted by atomic mass is 35.5. The molecular weight excluding hydrogens is 393 g/mol. The molecule has 0 spiro atoms. The number of nitrogens with one attached hydrogen (secondary N) is 1. The molecule has 0 saturated carbocycles. The fourth-order valence-electron chi connectivity index (χ4n) is 3.52. The Morgan fingerprint density at radius 2 is 1.72 bits per heavy atom. The number of nitrogens with zero attached hydrogens (tertiary/aromatic N) is 2. The van der Waals surface area contributed by atoms with Gasteiger partial charge in [-0.2, -0.15) is 0 Å². The van der Waals surface area contributed by atoms with Gasteiger partial charge >= 0.3 is 0 Å². The maximum atomic E-state index is 13.8. The van der Waals surface area contributed by atoms with Gasteiger partial charge in [-0.05, 0) is 23.8 Å². The highest BCUT2D eigenvalue weighted by molar-refractivity contribution is 6.30. The molecule has 0 aromatic heterocycles. The summed E-state index contributed by atoms with van der Waals surface area (Å²) in [6.07, 6.45) is 0.189. The van der Waals surface area contributed by atoms with Gasteiger partial charge in [0.05, 0.1) is 12.5 Å². The molecule has 7 heteroatoms. The van der Waals surface area contributed by atoms with Crippen LogP contribution in [0.4, 0.5) is 4.39 Å². The Kier molecular flexibility index (Phi) is 7.23. The van der Waals surface area contributed by atoms with E-state index in [2.05, 4.69) is 10.2 Å². The molecule has 1 atom stereocenters. The first-order chi connectivity index (χ1) is 13.9. The van der Waals surface area contributed by atoms with E-state index >= 15 is 0 Å². The highest BCUT2D eigenvalue weighted by Gasteiger charge is 2.25. The zero-order valence-electron chi connectivity index (χ0n) is 16.4. The third-order valence-electron chi connectivity index (χ3n) is 5.11. The van der Waals surface area contributed by atoms with Crippen molar-refractivity contribution in [1.29, 1.82) is 0 Å². The summed E-state index contributed by atoms with van der Waals surface area (Å²) >= 11 is 5.94. The van der Waals surface area contributed by atoms with Gasteiger partial charge in [-0.25, -0.2) is 4.39 Å². The fraction of sp³-hybridized carbons (Fsp3) is 0.364. The van der Waals surface area contributed by atoms with E-state index < -0.39 is 6.04 Å². The topological polar surface area (TPSA) is 52.7 Å². The summed E-state index contributed by atoms with van der Waals surface area (Å²) in [5, 5.41) is 3.46. The lowest BCUT2D eigenvalue weighted by atomic mass is 10.0. The number of halogens is 2. The zero-order chi connectivity index (χ0) is 20.8. The summed E-state index contributed by atoms with van der Waals surface area (Å²) < 4.78 is 13.8. The zero-order valence-corrected chi connectivity index (χ0v) is 17.2. The summed E-state index contributed by atoms with van der Waals surface area (Å²) in [7, 11) is 0. The quantitative estimate of drug-likeness (QED) is 0.783. The fourth-order valence-corrected chi connectivity index (χ4v) is 3.65. The van der Waals surface area contributed by atoms with Crippen molar-refractivity contribution in [1.82, 2.24) is 15.1 Å². The SMILES string of the molecule is CC(=O)NC(CC(=O)N1CCN(Cc2ccccc2F)CC1)c1ccc(Cl)cc1. The van der Waals surface area contributed by atoms with Gasteiger partial charge in [0, 0.05) is 50.2 Å². The minimum Gasteiger partial charge on any atom is -0.349 e. The molecule has 5 nitrogen and oxygen atoms in total. The first-order valence-electron chi connectivity index (χ1n) is 9.68. The lowest BCUT2D eigenvalue weighted by Gasteiger charge is -2.35. The summed E-state index contributed by atoms with van der Waals surface area (Å²) in [6, 6.07) is 13.5. The molecule has 1 N–H and O–H groups in total. The van der Waals surface area contributed by atoms with Crippen LogP contribution in [0.5, 0.6) is 0 Å². The van der Waals surface area contributed by atoms with Crippen LogP contribution in [0, 0.1) is 5.82 Å². The molecule has 29 heavy (non-hydrogen) atoms. The van der Waals surface area contributed by atoms with Gasteiger partial charge in [0.1, 0.15) is 5.82 Å². The van der Waals surface area contributed by atoms with Crippen molar-refractivity contribution < 1.29 is 14.0 Å². The van der Waals surface area contributed by atoms with Crippen LogP contribution in [0.25, 0.3) is 0 Å². The van der Waals surface area contributed by atoms with Crippen LogP contribution >= 0.6 is 11.6 Å². The third kappa shape index (κ3) is 6.02. The number of piperazine rings is 1. The van der Waals surface area contributed by atoms with E-state index in [0.717, 1.165) is 5.56 Å². The molecule has 2 aromatic rings. The molecule has 1 fully saturated rings. The van der Waals surface area contributed by atoms with Crippen molar-refractivity contribution in [2.45, 2.75) is 25.9 Å². The van der Waals surface area contributed by atoms with Gasteiger partial charge in [0.2, 0.25) is 11.8 Å². The second-order valence-corrected chi connectivity index (χ2v) is 7.69. The minimum absolute atomic E-state index is 0.00996. The summed E-state index contributed by atoms with van der Waals surface area (Å²) in [5.41, 5.74) is 1.51. The molecule has 2 aromatic carbocycles. The summed E-state index contributed by atoms with van der Waals surface area (Å²) in [6.45, 7) is 4.52. The Morgan fingerprint density at radius 1 is 1.07 bits per heavy atom. The standard InChI is InChI=1S/C22H25ClFN3O2/c1-16(28)25-21(17-6-8-19(23)9-7-17)14-22(29)27-12-10-26(11-13-27)15-18-4-2-3-5-20(18)24/h2-9,21H,10-15H2,1H3,(H,25,28). The van der Waals surface area contributed by atoms with Crippen LogP contribution < -0.4 is 5.32 Å². The number of amides is 2.